The van der Waals surface area contributed by atoms with Crippen molar-refractivity contribution in [1.29, 1.82) is 0 Å². The van der Waals surface area contributed by atoms with Gasteiger partial charge in [-0.25, -0.2) is 0 Å². The third-order valence-corrected chi connectivity index (χ3v) is 2.08. The highest BCUT2D eigenvalue weighted by atomic mass is 16.5. The van der Waals surface area contributed by atoms with Crippen molar-refractivity contribution in [2.45, 2.75) is 6.42 Å². The van der Waals surface area contributed by atoms with Crippen molar-refractivity contribution in [1.82, 2.24) is 5.32 Å². The maximum absolute atomic E-state index is 11.4. The minimum absolute atomic E-state index is 0.00263. The van der Waals surface area contributed by atoms with Crippen LogP contribution in [0.2, 0.25) is 0 Å². The monoisotopic (exact) mass is 224 g/mol. The van der Waals surface area contributed by atoms with E-state index in [9.17, 15) is 9.90 Å². The summed E-state index contributed by atoms with van der Waals surface area (Å²) in [4.78, 5) is 11.4. The highest BCUT2D eigenvalue weighted by Crippen LogP contribution is 2.27. The first-order valence-electron chi connectivity index (χ1n) is 4.99. The summed E-state index contributed by atoms with van der Waals surface area (Å²) in [5.41, 5.74) is 0.391. The van der Waals surface area contributed by atoms with Crippen LogP contribution in [0.5, 0.6) is 11.5 Å². The Labute approximate surface area is 94.4 Å². The lowest BCUT2D eigenvalue weighted by molar-refractivity contribution is -0.116. The molecule has 0 atom stereocenters. The van der Waals surface area contributed by atoms with Gasteiger partial charge >= 0.3 is 0 Å². The van der Waals surface area contributed by atoms with E-state index in [1.807, 2.05) is 0 Å². The number of carbonyl (C=O) groups excluding carboxylic acids is 1. The van der Waals surface area contributed by atoms with Gasteiger partial charge in [0.15, 0.2) is 0 Å². The average molecular weight is 224 g/mol. The number of phenolic OH excluding ortho intramolecular Hbond substituents is 1. The second-order valence-corrected chi connectivity index (χ2v) is 3.28. The lowest BCUT2D eigenvalue weighted by Gasteiger charge is -2.08. The first-order chi connectivity index (χ1) is 7.67. The predicted molar refractivity (Wildman–Crippen MR) is 61.8 cm³/mol. The zero-order valence-corrected chi connectivity index (χ0v) is 9.41. The van der Waals surface area contributed by atoms with Crippen LogP contribution in [0.3, 0.4) is 0 Å². The molecule has 0 aliphatic rings. The predicted octanol–water partition coefficient (Wildman–Crippen LogP) is 0.949. The Hall–Kier alpha value is -1.75. The van der Waals surface area contributed by atoms with Gasteiger partial charge in [-0.05, 0) is 19.2 Å². The lowest BCUT2D eigenvalue weighted by atomic mass is 10.2. The fraction of sp³-hybridized carbons (Fsp3) is 0.364. The van der Waals surface area contributed by atoms with Crippen LogP contribution >= 0.6 is 0 Å². The van der Waals surface area contributed by atoms with Gasteiger partial charge < -0.3 is 20.5 Å². The van der Waals surface area contributed by atoms with Crippen molar-refractivity contribution in [3.8, 4) is 11.5 Å². The van der Waals surface area contributed by atoms with Crippen LogP contribution in [0.4, 0.5) is 5.69 Å². The zero-order valence-electron chi connectivity index (χ0n) is 9.41. The summed E-state index contributed by atoms with van der Waals surface area (Å²) < 4.78 is 4.94. The minimum atomic E-state index is -0.144. The summed E-state index contributed by atoms with van der Waals surface area (Å²) in [5, 5.41) is 15.1. The van der Waals surface area contributed by atoms with Crippen molar-refractivity contribution >= 4 is 11.6 Å². The summed E-state index contributed by atoms with van der Waals surface area (Å²) in [5.74, 6) is 0.401. The van der Waals surface area contributed by atoms with Crippen LogP contribution in [0, 0.1) is 0 Å². The maximum Gasteiger partial charge on any atom is 0.225 e. The molecule has 0 radical (unpaired) electrons. The molecule has 1 amide bonds. The van der Waals surface area contributed by atoms with E-state index in [-0.39, 0.29) is 11.7 Å². The van der Waals surface area contributed by atoms with Gasteiger partial charge in [-0.2, -0.15) is 0 Å². The molecule has 0 heterocycles. The topological polar surface area (TPSA) is 70.6 Å². The number of benzene rings is 1. The van der Waals surface area contributed by atoms with E-state index in [0.717, 1.165) is 0 Å². The minimum Gasteiger partial charge on any atom is -0.506 e. The molecule has 5 nitrogen and oxygen atoms in total. The van der Waals surface area contributed by atoms with Crippen LogP contribution in [-0.2, 0) is 4.79 Å². The number of phenols is 1. The van der Waals surface area contributed by atoms with Crippen molar-refractivity contribution in [2.75, 3.05) is 26.0 Å². The number of rotatable bonds is 5. The maximum atomic E-state index is 11.4. The summed E-state index contributed by atoms with van der Waals surface area (Å²) in [6.45, 7) is 0.600. The third-order valence-electron chi connectivity index (χ3n) is 2.08. The zero-order chi connectivity index (χ0) is 12.0. The number of hydrogen-bond donors (Lipinski definition) is 3. The molecule has 0 bridgehead atoms. The van der Waals surface area contributed by atoms with E-state index in [1.165, 1.54) is 13.2 Å². The van der Waals surface area contributed by atoms with Gasteiger partial charge in [0, 0.05) is 19.0 Å². The first-order valence-corrected chi connectivity index (χ1v) is 4.99. The van der Waals surface area contributed by atoms with E-state index in [0.29, 0.717) is 24.4 Å². The molecule has 0 aliphatic heterocycles. The van der Waals surface area contributed by atoms with Gasteiger partial charge in [0.25, 0.3) is 0 Å². The van der Waals surface area contributed by atoms with Crippen LogP contribution in [0.25, 0.3) is 0 Å². The molecule has 0 spiro atoms. The lowest BCUT2D eigenvalue weighted by Crippen LogP contribution is -2.18. The molecule has 88 valence electrons. The SMILES string of the molecule is CNCCC(=O)Nc1ccc(OC)cc1O. The molecule has 0 saturated heterocycles. The molecular weight excluding hydrogens is 208 g/mol. The number of methoxy groups -OCH3 is 1. The number of amides is 1. The summed E-state index contributed by atoms with van der Waals surface area (Å²) in [6, 6.07) is 4.73. The molecule has 3 N–H and O–H groups in total. The Bertz CT molecular complexity index is 366. The Morgan fingerprint density at radius 3 is 2.81 bits per heavy atom. The van der Waals surface area contributed by atoms with Gasteiger partial charge in [-0.3, -0.25) is 4.79 Å². The van der Waals surface area contributed by atoms with Crippen LogP contribution in [-0.4, -0.2) is 31.7 Å². The number of nitrogens with one attached hydrogen (secondary N) is 2. The number of aromatic hydroxyl groups is 1. The highest BCUT2D eigenvalue weighted by Gasteiger charge is 2.06. The largest absolute Gasteiger partial charge is 0.506 e. The van der Waals surface area contributed by atoms with Gasteiger partial charge in [-0.1, -0.05) is 0 Å². The van der Waals surface area contributed by atoms with Gasteiger partial charge in [-0.15, -0.1) is 0 Å². The van der Waals surface area contributed by atoms with Crippen LogP contribution in [0.1, 0.15) is 6.42 Å². The average Bonchev–Trinajstić information content (AvgIpc) is 2.29. The van der Waals surface area contributed by atoms with E-state index in [4.69, 9.17) is 4.74 Å². The van der Waals surface area contributed by atoms with Crippen molar-refractivity contribution in [3.05, 3.63) is 18.2 Å². The summed E-state index contributed by atoms with van der Waals surface area (Å²) in [6.07, 6.45) is 0.363. The molecule has 0 saturated carbocycles. The molecule has 0 aliphatic carbocycles. The summed E-state index contributed by atoms with van der Waals surface area (Å²) >= 11 is 0. The molecule has 0 aromatic heterocycles. The molecule has 16 heavy (non-hydrogen) atoms. The number of anilines is 1. The Balaban J connectivity index is 2.63. The Kier molecular flexibility index (Phi) is 4.60. The normalized spacial score (nSPS) is 9.88. The van der Waals surface area contributed by atoms with E-state index in [1.54, 1.807) is 19.2 Å². The van der Waals surface area contributed by atoms with E-state index in [2.05, 4.69) is 10.6 Å². The smallest absolute Gasteiger partial charge is 0.225 e. The second kappa shape index (κ2) is 5.97. The molecule has 1 aromatic carbocycles. The van der Waals surface area contributed by atoms with Crippen molar-refractivity contribution in [2.24, 2.45) is 0 Å². The quantitative estimate of drug-likeness (QED) is 0.651. The molecule has 0 fully saturated rings. The number of carbonyl (C=O) groups is 1. The Morgan fingerprint density at radius 2 is 2.25 bits per heavy atom. The van der Waals surface area contributed by atoms with Crippen LogP contribution < -0.4 is 15.4 Å². The number of hydrogen-bond acceptors (Lipinski definition) is 4. The van der Waals surface area contributed by atoms with Gasteiger partial charge in [0.05, 0.1) is 12.8 Å². The van der Waals surface area contributed by atoms with E-state index < -0.39 is 0 Å². The standard InChI is InChI=1S/C11H16N2O3/c1-12-6-5-11(15)13-9-4-3-8(16-2)7-10(9)14/h3-4,7,12,14H,5-6H2,1-2H3,(H,13,15). The van der Waals surface area contributed by atoms with E-state index >= 15 is 0 Å². The Morgan fingerprint density at radius 1 is 1.50 bits per heavy atom. The molecular formula is C11H16N2O3. The van der Waals surface area contributed by atoms with Crippen molar-refractivity contribution < 1.29 is 14.6 Å². The first kappa shape index (κ1) is 12.3. The summed E-state index contributed by atoms with van der Waals surface area (Å²) in [7, 11) is 3.29. The third kappa shape index (κ3) is 3.43. The molecule has 5 heteroatoms. The molecule has 1 rings (SSSR count). The highest BCUT2D eigenvalue weighted by molar-refractivity contribution is 5.92. The van der Waals surface area contributed by atoms with Gasteiger partial charge in [0.1, 0.15) is 11.5 Å². The number of ether oxygens (including phenoxy) is 1. The fourth-order valence-electron chi connectivity index (χ4n) is 1.20. The van der Waals surface area contributed by atoms with Crippen molar-refractivity contribution in [3.63, 3.8) is 0 Å². The molecule has 0 unspecified atom stereocenters. The fourth-order valence-corrected chi connectivity index (χ4v) is 1.20. The molecule has 1 aromatic rings. The van der Waals surface area contributed by atoms with Crippen LogP contribution in [0.15, 0.2) is 18.2 Å². The second-order valence-electron chi connectivity index (χ2n) is 3.28. The van der Waals surface area contributed by atoms with Gasteiger partial charge in [0.2, 0.25) is 5.91 Å².